The zero-order chi connectivity index (χ0) is 17.1. The van der Waals surface area contributed by atoms with Gasteiger partial charge in [0.05, 0.1) is 0 Å². The summed E-state index contributed by atoms with van der Waals surface area (Å²) in [6, 6.07) is 2.60. The van der Waals surface area contributed by atoms with Crippen LogP contribution in [0.3, 0.4) is 0 Å². The number of rotatable bonds is 7. The minimum absolute atomic E-state index is 0.0481. The summed E-state index contributed by atoms with van der Waals surface area (Å²) in [7, 11) is 0. The van der Waals surface area contributed by atoms with E-state index in [1.54, 1.807) is 6.92 Å². The summed E-state index contributed by atoms with van der Waals surface area (Å²) in [4.78, 5) is 34.6. The van der Waals surface area contributed by atoms with Crippen LogP contribution in [0.1, 0.15) is 38.2 Å². The van der Waals surface area contributed by atoms with E-state index in [1.165, 1.54) is 0 Å². The highest BCUT2D eigenvalue weighted by molar-refractivity contribution is 5.99. The van der Waals surface area contributed by atoms with Crippen LogP contribution < -0.4 is 0 Å². The third kappa shape index (κ3) is 3.29. The summed E-state index contributed by atoms with van der Waals surface area (Å²) >= 11 is 0. The van der Waals surface area contributed by atoms with Gasteiger partial charge in [-0.3, -0.25) is 14.4 Å². The third-order valence-corrected chi connectivity index (χ3v) is 3.76. The lowest BCUT2D eigenvalue weighted by molar-refractivity contribution is -0.165. The van der Waals surface area contributed by atoms with Crippen molar-refractivity contribution in [3.05, 3.63) is 35.4 Å². The van der Waals surface area contributed by atoms with Crippen LogP contribution in [0.4, 0.5) is 8.78 Å². The van der Waals surface area contributed by atoms with Crippen molar-refractivity contribution in [2.45, 2.75) is 32.6 Å². The summed E-state index contributed by atoms with van der Waals surface area (Å²) in [6.07, 6.45) is -0.313. The lowest BCUT2D eigenvalue weighted by Crippen LogP contribution is -2.42. The molecule has 0 aliphatic rings. The van der Waals surface area contributed by atoms with Gasteiger partial charge in [0, 0.05) is 18.8 Å². The van der Waals surface area contributed by atoms with Crippen LogP contribution in [0.25, 0.3) is 0 Å². The first-order chi connectivity index (χ1) is 10.1. The number of hydrogen-bond donors (Lipinski definition) is 2. The molecule has 0 radical (unpaired) electrons. The van der Waals surface area contributed by atoms with Crippen molar-refractivity contribution in [2.24, 2.45) is 5.41 Å². The van der Waals surface area contributed by atoms with Gasteiger partial charge in [0.25, 0.3) is 0 Å². The van der Waals surface area contributed by atoms with E-state index < -0.39 is 41.3 Å². The second-order valence-corrected chi connectivity index (χ2v) is 5.14. The Morgan fingerprint density at radius 1 is 1.14 bits per heavy atom. The summed E-state index contributed by atoms with van der Waals surface area (Å²) in [6.45, 7) is 2.50. The van der Waals surface area contributed by atoms with E-state index in [9.17, 15) is 33.4 Å². The maximum atomic E-state index is 13.4. The topological polar surface area (TPSA) is 91.7 Å². The van der Waals surface area contributed by atoms with Crippen molar-refractivity contribution in [1.82, 2.24) is 0 Å². The third-order valence-electron chi connectivity index (χ3n) is 3.76. The van der Waals surface area contributed by atoms with Crippen molar-refractivity contribution < 1.29 is 33.4 Å². The average molecular weight is 314 g/mol. The Morgan fingerprint density at radius 3 is 2.09 bits per heavy atom. The Hall–Kier alpha value is -2.31. The highest BCUT2D eigenvalue weighted by atomic mass is 19.2. The molecule has 0 spiro atoms. The maximum absolute atomic E-state index is 13.4. The molecule has 5 nitrogen and oxygen atoms in total. The summed E-state index contributed by atoms with van der Waals surface area (Å²) in [5.74, 6) is -7.37. The van der Waals surface area contributed by atoms with Gasteiger partial charge in [-0.25, -0.2) is 8.78 Å². The minimum atomic E-state index is -2.34. The van der Waals surface area contributed by atoms with Crippen molar-refractivity contribution in [3.63, 3.8) is 0 Å². The van der Waals surface area contributed by atoms with Gasteiger partial charge in [0.15, 0.2) is 17.0 Å². The Balaban J connectivity index is 3.46. The number of hydrogen-bond acceptors (Lipinski definition) is 3. The van der Waals surface area contributed by atoms with Gasteiger partial charge in [-0.05, 0) is 24.6 Å². The van der Waals surface area contributed by atoms with Gasteiger partial charge in [-0.15, -0.1) is 0 Å². The van der Waals surface area contributed by atoms with Crippen molar-refractivity contribution in [2.75, 3.05) is 0 Å². The molecule has 0 bridgehead atoms. The fraction of sp³-hybridized carbons (Fsp3) is 0.400. The number of benzene rings is 1. The fourth-order valence-electron chi connectivity index (χ4n) is 2.15. The van der Waals surface area contributed by atoms with Crippen molar-refractivity contribution in [3.8, 4) is 0 Å². The molecule has 0 heterocycles. The highest BCUT2D eigenvalue weighted by Crippen LogP contribution is 2.40. The van der Waals surface area contributed by atoms with Gasteiger partial charge in [0.2, 0.25) is 0 Å². The summed E-state index contributed by atoms with van der Waals surface area (Å²) in [5, 5.41) is 18.6. The number of ketones is 1. The molecular weight excluding hydrogens is 298 g/mol. The molecule has 1 atom stereocenters. The number of Topliss-reactive ketones (excluding diaryl/α,β-unsaturated/α-hetero) is 1. The van der Waals surface area contributed by atoms with Gasteiger partial charge in [-0.1, -0.05) is 13.0 Å². The molecule has 1 aromatic carbocycles. The number of aliphatic carboxylic acids is 2. The molecule has 2 N–H and O–H groups in total. The summed E-state index contributed by atoms with van der Waals surface area (Å²) < 4.78 is 26.4. The molecule has 120 valence electrons. The average Bonchev–Trinajstić information content (AvgIpc) is 2.46. The Labute approximate surface area is 125 Å². The van der Waals surface area contributed by atoms with Crippen LogP contribution in [0.2, 0.25) is 0 Å². The fourth-order valence-corrected chi connectivity index (χ4v) is 2.15. The molecule has 0 unspecified atom stereocenters. The molecule has 0 aromatic heterocycles. The van der Waals surface area contributed by atoms with Gasteiger partial charge in [-0.2, -0.15) is 0 Å². The van der Waals surface area contributed by atoms with Crippen molar-refractivity contribution >= 4 is 17.7 Å². The smallest absolute Gasteiger partial charge is 0.321 e. The van der Waals surface area contributed by atoms with Gasteiger partial charge >= 0.3 is 11.9 Å². The Bertz CT molecular complexity index is 598. The standard InChI is InChI=1S/C15H16F2O5/c1-3-9(18)7-10(15(2,13(19)20)14(21)22)8-4-5-11(16)12(17)6-8/h4-6,10H,3,7H2,1-2H3,(H,19,20)(H,21,22)/t10-/m0/s1. The van der Waals surface area contributed by atoms with Crippen LogP contribution >= 0.6 is 0 Å². The first kappa shape index (κ1) is 17.7. The van der Waals surface area contributed by atoms with Crippen LogP contribution in [0, 0.1) is 17.0 Å². The Morgan fingerprint density at radius 2 is 1.68 bits per heavy atom. The number of carboxylic acid groups (broad SMARTS) is 2. The molecule has 0 aliphatic carbocycles. The molecule has 0 aliphatic heterocycles. The van der Waals surface area contributed by atoms with E-state index in [0.29, 0.717) is 0 Å². The Kier molecular flexibility index (Phi) is 5.35. The zero-order valence-corrected chi connectivity index (χ0v) is 12.1. The second kappa shape index (κ2) is 6.64. The van der Waals surface area contributed by atoms with Crippen LogP contribution in [-0.4, -0.2) is 27.9 Å². The molecule has 1 rings (SSSR count). The quantitative estimate of drug-likeness (QED) is 0.755. The molecule has 1 aromatic rings. The van der Waals surface area contributed by atoms with Gasteiger partial charge in [0.1, 0.15) is 5.78 Å². The molecule has 0 amide bonds. The minimum Gasteiger partial charge on any atom is -0.480 e. The SMILES string of the molecule is CCC(=O)C[C@@H](c1ccc(F)c(F)c1)C(C)(C(=O)O)C(=O)O. The molecule has 0 fully saturated rings. The predicted molar refractivity (Wildman–Crippen MR) is 72.4 cm³/mol. The number of halogens is 2. The van der Waals surface area contributed by atoms with Crippen LogP contribution in [-0.2, 0) is 14.4 Å². The highest BCUT2D eigenvalue weighted by Gasteiger charge is 2.50. The largest absolute Gasteiger partial charge is 0.480 e. The predicted octanol–water partition coefficient (Wildman–Crippen LogP) is 2.59. The normalized spacial score (nSPS) is 12.7. The zero-order valence-electron chi connectivity index (χ0n) is 12.1. The number of carboxylic acids is 2. The lowest BCUT2D eigenvalue weighted by atomic mass is 9.71. The molecule has 7 heteroatoms. The molecular formula is C15H16F2O5. The first-order valence-electron chi connectivity index (χ1n) is 6.58. The van der Waals surface area contributed by atoms with Gasteiger partial charge < -0.3 is 10.2 Å². The molecule has 22 heavy (non-hydrogen) atoms. The molecule has 0 saturated heterocycles. The van der Waals surface area contributed by atoms with E-state index in [4.69, 9.17) is 0 Å². The summed E-state index contributed by atoms with van der Waals surface area (Å²) in [5.41, 5.74) is -2.39. The van der Waals surface area contributed by atoms with Crippen LogP contribution in [0.5, 0.6) is 0 Å². The van der Waals surface area contributed by atoms with Crippen LogP contribution in [0.15, 0.2) is 18.2 Å². The van der Waals surface area contributed by atoms with E-state index in [-0.39, 0.29) is 17.8 Å². The maximum Gasteiger partial charge on any atom is 0.321 e. The van der Waals surface area contributed by atoms with E-state index in [1.807, 2.05) is 0 Å². The second-order valence-electron chi connectivity index (χ2n) is 5.14. The van der Waals surface area contributed by atoms with E-state index >= 15 is 0 Å². The molecule has 0 saturated carbocycles. The van der Waals surface area contributed by atoms with E-state index in [0.717, 1.165) is 25.1 Å². The number of carbonyl (C=O) groups is 3. The lowest BCUT2D eigenvalue weighted by Gasteiger charge is -2.30. The number of carbonyl (C=O) groups excluding carboxylic acids is 1. The van der Waals surface area contributed by atoms with E-state index in [2.05, 4.69) is 0 Å². The monoisotopic (exact) mass is 314 g/mol. The van der Waals surface area contributed by atoms with Crippen molar-refractivity contribution in [1.29, 1.82) is 0 Å². The first-order valence-corrected chi connectivity index (χ1v) is 6.58.